The summed E-state index contributed by atoms with van der Waals surface area (Å²) in [5, 5.41) is 10.6. The van der Waals surface area contributed by atoms with E-state index in [2.05, 4.69) is 23.1 Å². The van der Waals surface area contributed by atoms with Gasteiger partial charge in [0.2, 0.25) is 0 Å². The monoisotopic (exact) mass is 284 g/mol. The zero-order valence-electron chi connectivity index (χ0n) is 11.2. The van der Waals surface area contributed by atoms with Crippen LogP contribution in [0.4, 0.5) is 5.69 Å². The van der Waals surface area contributed by atoms with Crippen LogP contribution in [0.25, 0.3) is 10.9 Å². The summed E-state index contributed by atoms with van der Waals surface area (Å²) in [5.41, 5.74) is 9.05. The molecule has 0 aliphatic carbocycles. The highest BCUT2D eigenvalue weighted by molar-refractivity contribution is 7.98. The van der Waals surface area contributed by atoms with Crippen molar-refractivity contribution in [3.8, 4) is 5.75 Å². The number of aromatic hydroxyl groups is 1. The van der Waals surface area contributed by atoms with Gasteiger partial charge < -0.3 is 15.4 Å². The molecule has 0 aliphatic heterocycles. The van der Waals surface area contributed by atoms with E-state index in [9.17, 15) is 5.11 Å². The molecule has 20 heavy (non-hydrogen) atoms. The molecular formula is C16H16N2OS. The normalized spacial score (nSPS) is 11.1. The largest absolute Gasteiger partial charge is 0.508 e. The van der Waals surface area contributed by atoms with Crippen LogP contribution in [0.15, 0.2) is 53.6 Å². The average molecular weight is 284 g/mol. The van der Waals surface area contributed by atoms with E-state index in [0.717, 1.165) is 23.3 Å². The topological polar surface area (TPSA) is 51.2 Å². The Morgan fingerprint density at radius 1 is 1.15 bits per heavy atom. The van der Waals surface area contributed by atoms with E-state index in [1.807, 2.05) is 24.3 Å². The summed E-state index contributed by atoms with van der Waals surface area (Å²) in [4.78, 5) is 1.20. The van der Waals surface area contributed by atoms with Crippen molar-refractivity contribution < 1.29 is 5.11 Å². The van der Waals surface area contributed by atoms with Gasteiger partial charge in [-0.25, -0.2) is 0 Å². The summed E-state index contributed by atoms with van der Waals surface area (Å²) in [6.07, 6.45) is 4.14. The molecular weight excluding hydrogens is 268 g/mol. The van der Waals surface area contributed by atoms with Crippen LogP contribution in [0.2, 0.25) is 0 Å². The number of hydrogen-bond donors (Lipinski definition) is 2. The molecule has 0 saturated carbocycles. The van der Waals surface area contributed by atoms with Crippen molar-refractivity contribution in [3.05, 3.63) is 54.2 Å². The third-order valence-electron chi connectivity index (χ3n) is 3.38. The lowest BCUT2D eigenvalue weighted by atomic mass is 10.2. The summed E-state index contributed by atoms with van der Waals surface area (Å²) >= 11 is 1.71. The number of hydrogen-bond acceptors (Lipinski definition) is 3. The first-order valence-corrected chi connectivity index (χ1v) is 7.60. The van der Waals surface area contributed by atoms with Crippen molar-refractivity contribution in [3.63, 3.8) is 0 Å². The number of rotatable bonds is 3. The van der Waals surface area contributed by atoms with E-state index in [1.54, 1.807) is 23.9 Å². The first-order chi connectivity index (χ1) is 9.67. The Labute approximate surface area is 122 Å². The van der Waals surface area contributed by atoms with Crippen LogP contribution in [-0.2, 0) is 6.54 Å². The van der Waals surface area contributed by atoms with E-state index in [1.165, 1.54) is 10.3 Å². The molecule has 0 saturated heterocycles. The Kier molecular flexibility index (Phi) is 3.32. The Bertz CT molecular complexity index is 747. The van der Waals surface area contributed by atoms with Gasteiger partial charge in [0.1, 0.15) is 5.75 Å². The third-order valence-corrected chi connectivity index (χ3v) is 4.16. The molecule has 0 atom stereocenters. The summed E-state index contributed by atoms with van der Waals surface area (Å²) in [6, 6.07) is 13.4. The van der Waals surface area contributed by atoms with E-state index < -0.39 is 0 Å². The maximum atomic E-state index is 9.33. The first kappa shape index (κ1) is 12.9. The Morgan fingerprint density at radius 3 is 2.60 bits per heavy atom. The molecule has 0 amide bonds. The molecule has 102 valence electrons. The number of thioether (sulfide) groups is 1. The van der Waals surface area contributed by atoms with Gasteiger partial charge in [-0.15, -0.1) is 11.8 Å². The molecule has 0 fully saturated rings. The zero-order valence-corrected chi connectivity index (χ0v) is 12.0. The second-order valence-corrected chi connectivity index (χ2v) is 5.61. The summed E-state index contributed by atoms with van der Waals surface area (Å²) in [5.74, 6) is 0.292. The van der Waals surface area contributed by atoms with Crippen LogP contribution < -0.4 is 5.73 Å². The van der Waals surface area contributed by atoms with Crippen molar-refractivity contribution >= 4 is 28.4 Å². The van der Waals surface area contributed by atoms with Gasteiger partial charge in [0.05, 0.1) is 5.52 Å². The molecule has 0 unspecified atom stereocenters. The maximum absolute atomic E-state index is 9.33. The van der Waals surface area contributed by atoms with Crippen molar-refractivity contribution in [2.45, 2.75) is 11.4 Å². The molecule has 3 nitrogen and oxygen atoms in total. The third kappa shape index (κ3) is 2.34. The first-order valence-electron chi connectivity index (χ1n) is 6.37. The molecule has 1 aromatic heterocycles. The minimum atomic E-state index is 0.292. The molecule has 0 radical (unpaired) electrons. The number of benzene rings is 2. The average Bonchev–Trinajstić information content (AvgIpc) is 2.83. The molecule has 2 aromatic carbocycles. The molecule has 4 heteroatoms. The van der Waals surface area contributed by atoms with Gasteiger partial charge >= 0.3 is 0 Å². The van der Waals surface area contributed by atoms with Crippen LogP contribution >= 0.6 is 11.8 Å². The SMILES string of the molecule is CSc1cc(N)cc2c1ccn2Cc1ccc(O)cc1. The molecule has 3 aromatic rings. The van der Waals surface area contributed by atoms with Crippen LogP contribution in [0.3, 0.4) is 0 Å². The summed E-state index contributed by atoms with van der Waals surface area (Å²) in [6.45, 7) is 0.765. The van der Waals surface area contributed by atoms with Gasteiger partial charge in [0.15, 0.2) is 0 Å². The van der Waals surface area contributed by atoms with Gasteiger partial charge in [0, 0.05) is 28.7 Å². The van der Waals surface area contributed by atoms with E-state index in [4.69, 9.17) is 5.73 Å². The number of phenolic OH excluding ortho intramolecular Hbond substituents is 1. The van der Waals surface area contributed by atoms with Crippen LogP contribution in [-0.4, -0.2) is 15.9 Å². The highest BCUT2D eigenvalue weighted by atomic mass is 32.2. The van der Waals surface area contributed by atoms with E-state index in [0.29, 0.717) is 5.75 Å². The Morgan fingerprint density at radius 2 is 1.90 bits per heavy atom. The van der Waals surface area contributed by atoms with Crippen LogP contribution in [0, 0.1) is 0 Å². The second kappa shape index (κ2) is 5.13. The number of nitrogens with zero attached hydrogens (tertiary/aromatic N) is 1. The van der Waals surface area contributed by atoms with Crippen molar-refractivity contribution in [2.75, 3.05) is 12.0 Å². The van der Waals surface area contributed by atoms with Gasteiger partial charge in [-0.1, -0.05) is 12.1 Å². The standard InChI is InChI=1S/C16H16N2OS/c1-20-16-9-12(17)8-15-14(16)6-7-18(15)10-11-2-4-13(19)5-3-11/h2-9,19H,10,17H2,1H3. The molecule has 1 heterocycles. The van der Waals surface area contributed by atoms with Crippen molar-refractivity contribution in [1.82, 2.24) is 4.57 Å². The molecule has 0 aliphatic rings. The zero-order chi connectivity index (χ0) is 14.1. The minimum absolute atomic E-state index is 0.292. The fourth-order valence-corrected chi connectivity index (χ4v) is 3.03. The lowest BCUT2D eigenvalue weighted by Gasteiger charge is -2.08. The smallest absolute Gasteiger partial charge is 0.115 e. The number of anilines is 1. The Hall–Kier alpha value is -2.07. The van der Waals surface area contributed by atoms with E-state index >= 15 is 0 Å². The van der Waals surface area contributed by atoms with Gasteiger partial charge in [-0.05, 0) is 42.2 Å². The summed E-state index contributed by atoms with van der Waals surface area (Å²) in [7, 11) is 0. The molecule has 0 bridgehead atoms. The fraction of sp³-hybridized carbons (Fsp3) is 0.125. The van der Waals surface area contributed by atoms with Gasteiger partial charge in [-0.3, -0.25) is 0 Å². The van der Waals surface area contributed by atoms with Gasteiger partial charge in [-0.2, -0.15) is 0 Å². The number of phenols is 1. The highest BCUT2D eigenvalue weighted by Gasteiger charge is 2.07. The number of nitrogen functional groups attached to an aromatic ring is 1. The molecule has 0 spiro atoms. The highest BCUT2D eigenvalue weighted by Crippen LogP contribution is 2.30. The maximum Gasteiger partial charge on any atom is 0.115 e. The minimum Gasteiger partial charge on any atom is -0.508 e. The molecule has 3 rings (SSSR count). The lowest BCUT2D eigenvalue weighted by Crippen LogP contribution is -1.98. The number of nitrogens with two attached hydrogens (primary N) is 1. The summed E-state index contributed by atoms with van der Waals surface area (Å²) < 4.78 is 2.18. The number of fused-ring (bicyclic) bond motifs is 1. The van der Waals surface area contributed by atoms with Gasteiger partial charge in [0.25, 0.3) is 0 Å². The fourth-order valence-electron chi connectivity index (χ4n) is 2.39. The molecule has 3 N–H and O–H groups in total. The van der Waals surface area contributed by atoms with Crippen LogP contribution in [0.5, 0.6) is 5.75 Å². The quantitative estimate of drug-likeness (QED) is 0.569. The van der Waals surface area contributed by atoms with Crippen molar-refractivity contribution in [1.29, 1.82) is 0 Å². The number of aromatic nitrogens is 1. The Balaban J connectivity index is 2.04. The van der Waals surface area contributed by atoms with Crippen molar-refractivity contribution in [2.24, 2.45) is 0 Å². The predicted octanol–water partition coefficient (Wildman–Crippen LogP) is 3.70. The lowest BCUT2D eigenvalue weighted by molar-refractivity contribution is 0.475. The second-order valence-electron chi connectivity index (χ2n) is 4.77. The van der Waals surface area contributed by atoms with Crippen LogP contribution in [0.1, 0.15) is 5.56 Å². The predicted molar refractivity (Wildman–Crippen MR) is 85.3 cm³/mol. The van der Waals surface area contributed by atoms with E-state index in [-0.39, 0.29) is 0 Å².